The van der Waals surface area contributed by atoms with Crippen LogP contribution in [0.3, 0.4) is 0 Å². The summed E-state index contributed by atoms with van der Waals surface area (Å²) >= 11 is 0. The standard InChI is InChI=1S/C22H35N3O5/c1-9-25(20(28)15(5)24-21(29)30-22(6,7)8)17(19(27)23-13(2)3)16-12-10-11-14(4)18(16)26/h10-13,15,17,26H,9H2,1-8H3,(H,23,27)(H,24,29). The summed E-state index contributed by atoms with van der Waals surface area (Å²) in [4.78, 5) is 39.6. The van der Waals surface area contributed by atoms with E-state index in [1.54, 1.807) is 52.8 Å². The number of alkyl carbamates (subject to hydrolysis) is 1. The van der Waals surface area contributed by atoms with Crippen LogP contribution < -0.4 is 10.6 Å². The number of phenols is 1. The number of ether oxygens (including phenoxy) is 1. The number of phenolic OH excluding ortho intramolecular Hbond substituents is 1. The second-order valence-electron chi connectivity index (χ2n) is 8.57. The van der Waals surface area contributed by atoms with E-state index < -0.39 is 35.6 Å². The van der Waals surface area contributed by atoms with Crippen molar-refractivity contribution in [3.63, 3.8) is 0 Å². The summed E-state index contributed by atoms with van der Waals surface area (Å²) in [5.74, 6) is -0.917. The minimum atomic E-state index is -1.05. The Hall–Kier alpha value is -2.77. The van der Waals surface area contributed by atoms with Crippen LogP contribution in [0.2, 0.25) is 0 Å². The van der Waals surface area contributed by atoms with Gasteiger partial charge in [-0.15, -0.1) is 0 Å². The normalized spacial score (nSPS) is 13.4. The fraction of sp³-hybridized carbons (Fsp3) is 0.591. The summed E-state index contributed by atoms with van der Waals surface area (Å²) in [6, 6.07) is 2.93. The van der Waals surface area contributed by atoms with Crippen molar-refractivity contribution in [1.29, 1.82) is 0 Å². The number of aromatic hydroxyl groups is 1. The van der Waals surface area contributed by atoms with E-state index in [4.69, 9.17) is 4.74 Å². The third kappa shape index (κ3) is 6.93. The van der Waals surface area contributed by atoms with Gasteiger partial charge in [-0.2, -0.15) is 0 Å². The van der Waals surface area contributed by atoms with Gasteiger partial charge in [0.1, 0.15) is 23.4 Å². The SMILES string of the molecule is CCN(C(=O)C(C)NC(=O)OC(C)(C)C)C(C(=O)NC(C)C)c1cccc(C)c1O. The van der Waals surface area contributed by atoms with E-state index in [0.717, 1.165) is 0 Å². The molecule has 168 valence electrons. The Morgan fingerprint density at radius 1 is 1.13 bits per heavy atom. The Morgan fingerprint density at radius 3 is 2.23 bits per heavy atom. The van der Waals surface area contributed by atoms with Crippen LogP contribution in [0.1, 0.15) is 65.6 Å². The molecule has 8 nitrogen and oxygen atoms in total. The van der Waals surface area contributed by atoms with Crippen molar-refractivity contribution in [1.82, 2.24) is 15.5 Å². The first-order chi connectivity index (χ1) is 13.8. The molecule has 30 heavy (non-hydrogen) atoms. The topological polar surface area (TPSA) is 108 Å². The summed E-state index contributed by atoms with van der Waals surface area (Å²) < 4.78 is 5.21. The molecule has 0 aliphatic rings. The zero-order valence-electron chi connectivity index (χ0n) is 19.2. The van der Waals surface area contributed by atoms with E-state index in [-0.39, 0.29) is 18.3 Å². The van der Waals surface area contributed by atoms with E-state index in [1.807, 2.05) is 13.8 Å². The van der Waals surface area contributed by atoms with E-state index >= 15 is 0 Å². The summed E-state index contributed by atoms with van der Waals surface area (Å²) in [5, 5.41) is 15.9. The fourth-order valence-electron chi connectivity index (χ4n) is 2.98. The van der Waals surface area contributed by atoms with Crippen molar-refractivity contribution < 1.29 is 24.2 Å². The molecular weight excluding hydrogens is 386 g/mol. The average Bonchev–Trinajstić information content (AvgIpc) is 2.59. The second kappa shape index (κ2) is 10.3. The van der Waals surface area contributed by atoms with Gasteiger partial charge in [0.15, 0.2) is 0 Å². The molecule has 3 amide bonds. The molecule has 2 atom stereocenters. The quantitative estimate of drug-likeness (QED) is 0.627. The highest BCUT2D eigenvalue weighted by Crippen LogP contribution is 2.32. The zero-order valence-corrected chi connectivity index (χ0v) is 19.2. The van der Waals surface area contributed by atoms with E-state index in [9.17, 15) is 19.5 Å². The number of para-hydroxylation sites is 1. The maximum atomic E-state index is 13.2. The lowest BCUT2D eigenvalue weighted by molar-refractivity contribution is -0.142. The predicted octanol–water partition coefficient (Wildman–Crippen LogP) is 3.03. The lowest BCUT2D eigenvalue weighted by Crippen LogP contribution is -2.52. The van der Waals surface area contributed by atoms with E-state index in [0.29, 0.717) is 11.1 Å². The smallest absolute Gasteiger partial charge is 0.408 e. The van der Waals surface area contributed by atoms with Crippen LogP contribution in [0, 0.1) is 6.92 Å². The molecular formula is C22H35N3O5. The van der Waals surface area contributed by atoms with Crippen LogP contribution in [-0.2, 0) is 14.3 Å². The molecule has 0 aliphatic carbocycles. The molecule has 8 heteroatoms. The number of hydrogen-bond donors (Lipinski definition) is 3. The Balaban J connectivity index is 3.25. The van der Waals surface area contributed by atoms with Crippen molar-refractivity contribution >= 4 is 17.9 Å². The molecule has 3 N–H and O–H groups in total. The minimum absolute atomic E-state index is 0.0413. The highest BCUT2D eigenvalue weighted by molar-refractivity contribution is 5.92. The third-order valence-corrected chi connectivity index (χ3v) is 4.28. The Morgan fingerprint density at radius 2 is 1.73 bits per heavy atom. The van der Waals surface area contributed by atoms with Crippen LogP contribution in [0.4, 0.5) is 4.79 Å². The number of aryl methyl sites for hydroxylation is 1. The number of nitrogens with one attached hydrogen (secondary N) is 2. The number of rotatable bonds is 7. The summed E-state index contributed by atoms with van der Waals surface area (Å²) in [6.07, 6.45) is -0.721. The largest absolute Gasteiger partial charge is 0.507 e. The molecule has 0 spiro atoms. The molecule has 0 aliphatic heterocycles. The molecule has 0 heterocycles. The van der Waals surface area contributed by atoms with Gasteiger partial charge in [0, 0.05) is 18.2 Å². The van der Waals surface area contributed by atoms with Crippen molar-refractivity contribution in [3.05, 3.63) is 29.3 Å². The van der Waals surface area contributed by atoms with Crippen LogP contribution in [-0.4, -0.2) is 52.1 Å². The summed E-state index contributed by atoms with van der Waals surface area (Å²) in [7, 11) is 0. The van der Waals surface area contributed by atoms with Gasteiger partial charge in [0.05, 0.1) is 0 Å². The Bertz CT molecular complexity index is 771. The number of carbonyl (C=O) groups excluding carboxylic acids is 3. The number of nitrogens with zero attached hydrogens (tertiary/aromatic N) is 1. The summed E-state index contributed by atoms with van der Waals surface area (Å²) in [5.41, 5.74) is 0.218. The molecule has 0 fully saturated rings. The van der Waals surface area contributed by atoms with Crippen molar-refractivity contribution in [3.8, 4) is 5.75 Å². The van der Waals surface area contributed by atoms with Gasteiger partial charge in [-0.3, -0.25) is 9.59 Å². The van der Waals surface area contributed by atoms with Crippen LogP contribution >= 0.6 is 0 Å². The van der Waals surface area contributed by atoms with Gasteiger partial charge in [-0.1, -0.05) is 18.2 Å². The number of carbonyl (C=O) groups is 3. The number of hydrogen-bond acceptors (Lipinski definition) is 5. The highest BCUT2D eigenvalue weighted by Gasteiger charge is 2.35. The second-order valence-corrected chi connectivity index (χ2v) is 8.57. The first kappa shape index (κ1) is 25.3. The van der Waals surface area contributed by atoms with Crippen LogP contribution in [0.25, 0.3) is 0 Å². The van der Waals surface area contributed by atoms with Gasteiger partial charge < -0.3 is 25.4 Å². The Kier molecular flexibility index (Phi) is 8.69. The van der Waals surface area contributed by atoms with E-state index in [2.05, 4.69) is 10.6 Å². The molecule has 0 saturated heterocycles. The summed E-state index contributed by atoms with van der Waals surface area (Å²) in [6.45, 7) is 14.0. The lowest BCUT2D eigenvalue weighted by atomic mass is 9.99. The average molecular weight is 422 g/mol. The predicted molar refractivity (Wildman–Crippen MR) is 115 cm³/mol. The molecule has 2 unspecified atom stereocenters. The van der Waals surface area contributed by atoms with Gasteiger partial charge in [-0.05, 0) is 61.0 Å². The molecule has 1 aromatic rings. The lowest BCUT2D eigenvalue weighted by Gasteiger charge is -2.33. The molecule has 0 saturated carbocycles. The minimum Gasteiger partial charge on any atom is -0.507 e. The van der Waals surface area contributed by atoms with Gasteiger partial charge in [0.25, 0.3) is 0 Å². The molecule has 1 aromatic carbocycles. The van der Waals surface area contributed by atoms with Crippen molar-refractivity contribution in [2.75, 3.05) is 6.54 Å². The van der Waals surface area contributed by atoms with Gasteiger partial charge >= 0.3 is 6.09 Å². The van der Waals surface area contributed by atoms with Crippen molar-refractivity contribution in [2.24, 2.45) is 0 Å². The van der Waals surface area contributed by atoms with Crippen molar-refractivity contribution in [2.45, 2.75) is 79.1 Å². The van der Waals surface area contributed by atoms with Crippen LogP contribution in [0.15, 0.2) is 18.2 Å². The molecule has 0 radical (unpaired) electrons. The maximum Gasteiger partial charge on any atom is 0.408 e. The third-order valence-electron chi connectivity index (χ3n) is 4.28. The first-order valence-corrected chi connectivity index (χ1v) is 10.2. The molecule has 0 bridgehead atoms. The monoisotopic (exact) mass is 421 g/mol. The van der Waals surface area contributed by atoms with Gasteiger partial charge in [-0.25, -0.2) is 4.79 Å². The van der Waals surface area contributed by atoms with Crippen LogP contribution in [0.5, 0.6) is 5.75 Å². The highest BCUT2D eigenvalue weighted by atomic mass is 16.6. The zero-order chi connectivity index (χ0) is 23.2. The molecule has 1 rings (SSSR count). The van der Waals surface area contributed by atoms with E-state index in [1.165, 1.54) is 11.8 Å². The Labute approximate surface area is 179 Å². The first-order valence-electron chi connectivity index (χ1n) is 10.2. The molecule has 0 aromatic heterocycles. The van der Waals surface area contributed by atoms with Gasteiger partial charge in [0.2, 0.25) is 11.8 Å². The number of benzene rings is 1. The number of amides is 3. The fourth-order valence-corrected chi connectivity index (χ4v) is 2.98. The number of likely N-dealkylation sites (N-methyl/N-ethyl adjacent to an activating group) is 1. The maximum absolute atomic E-state index is 13.2.